The summed E-state index contributed by atoms with van der Waals surface area (Å²) in [5.41, 5.74) is 2.24. The van der Waals surface area contributed by atoms with Crippen LogP contribution < -0.4 is 10.6 Å². The minimum absolute atomic E-state index is 0.0474. The van der Waals surface area contributed by atoms with Gasteiger partial charge in [-0.1, -0.05) is 6.07 Å². The molecule has 2 aromatic carbocycles. The van der Waals surface area contributed by atoms with E-state index in [0.29, 0.717) is 35.6 Å². The van der Waals surface area contributed by atoms with Crippen LogP contribution in [0.2, 0.25) is 0 Å². The molecule has 0 heterocycles. The van der Waals surface area contributed by atoms with Crippen LogP contribution >= 0.6 is 0 Å². The minimum atomic E-state index is -0.413. The highest BCUT2D eigenvalue weighted by atomic mass is 16.5. The highest BCUT2D eigenvalue weighted by Crippen LogP contribution is 2.14. The molecule has 0 saturated heterocycles. The maximum atomic E-state index is 12.4. The third kappa shape index (κ3) is 5.57. The van der Waals surface area contributed by atoms with Gasteiger partial charge in [-0.05, 0) is 56.3 Å². The van der Waals surface area contributed by atoms with Crippen LogP contribution in [0.5, 0.6) is 0 Å². The zero-order chi connectivity index (χ0) is 20.5. The smallest absolute Gasteiger partial charge is 0.337 e. The summed E-state index contributed by atoms with van der Waals surface area (Å²) in [6.07, 6.45) is 0. The normalized spacial score (nSPS) is 10.1. The molecule has 0 spiro atoms. The second-order valence-corrected chi connectivity index (χ2v) is 6.03. The molecule has 0 aromatic heterocycles. The Hall–Kier alpha value is -3.35. The van der Waals surface area contributed by atoms with E-state index in [0.717, 1.165) is 0 Å². The largest absolute Gasteiger partial charge is 0.465 e. The Morgan fingerprint density at radius 1 is 0.929 bits per heavy atom. The van der Waals surface area contributed by atoms with E-state index in [2.05, 4.69) is 15.4 Å². The monoisotopic (exact) mass is 383 g/mol. The van der Waals surface area contributed by atoms with Crippen LogP contribution in [0.25, 0.3) is 0 Å². The lowest BCUT2D eigenvalue weighted by molar-refractivity contribution is -0.114. The molecule has 0 aliphatic heterocycles. The molecule has 0 atom stereocenters. The SMILES string of the molecule is CCN(CC)C(=O)c1cccc(NC(=O)CNc2ccc(C(=O)OC)cc2)c1. The van der Waals surface area contributed by atoms with Crippen molar-refractivity contribution in [1.82, 2.24) is 4.90 Å². The van der Waals surface area contributed by atoms with Gasteiger partial charge in [0.1, 0.15) is 0 Å². The highest BCUT2D eigenvalue weighted by Gasteiger charge is 2.13. The summed E-state index contributed by atoms with van der Waals surface area (Å²) in [6, 6.07) is 13.5. The molecular weight excluding hydrogens is 358 g/mol. The second kappa shape index (κ2) is 10.1. The number of hydrogen-bond acceptors (Lipinski definition) is 5. The Balaban J connectivity index is 1.93. The first-order valence-corrected chi connectivity index (χ1v) is 9.09. The van der Waals surface area contributed by atoms with Gasteiger partial charge in [0, 0.05) is 30.0 Å². The molecule has 0 aliphatic carbocycles. The molecule has 2 rings (SSSR count). The number of esters is 1. The summed E-state index contributed by atoms with van der Waals surface area (Å²) in [5, 5.41) is 5.76. The molecule has 2 aromatic rings. The molecule has 0 aliphatic rings. The van der Waals surface area contributed by atoms with Gasteiger partial charge in [0.25, 0.3) is 5.91 Å². The van der Waals surface area contributed by atoms with Crippen LogP contribution in [0.15, 0.2) is 48.5 Å². The number of carbonyl (C=O) groups is 3. The van der Waals surface area contributed by atoms with E-state index in [1.54, 1.807) is 53.4 Å². The van der Waals surface area contributed by atoms with Gasteiger partial charge in [0.2, 0.25) is 5.91 Å². The number of benzene rings is 2. The third-order valence-corrected chi connectivity index (χ3v) is 4.20. The van der Waals surface area contributed by atoms with Crippen LogP contribution in [0, 0.1) is 0 Å². The lowest BCUT2D eigenvalue weighted by atomic mass is 10.1. The molecule has 148 valence electrons. The van der Waals surface area contributed by atoms with E-state index < -0.39 is 5.97 Å². The number of methoxy groups -OCH3 is 1. The predicted molar refractivity (Wildman–Crippen MR) is 109 cm³/mol. The average Bonchev–Trinajstić information content (AvgIpc) is 2.73. The lowest BCUT2D eigenvalue weighted by Gasteiger charge is -2.19. The second-order valence-electron chi connectivity index (χ2n) is 6.03. The predicted octanol–water partition coefficient (Wildman–Crippen LogP) is 3.01. The number of anilines is 2. The Morgan fingerprint density at radius 2 is 1.61 bits per heavy atom. The number of rotatable bonds is 8. The van der Waals surface area contributed by atoms with Gasteiger partial charge < -0.3 is 20.3 Å². The van der Waals surface area contributed by atoms with E-state index in [4.69, 9.17) is 0 Å². The first-order valence-electron chi connectivity index (χ1n) is 9.09. The number of amides is 2. The van der Waals surface area contributed by atoms with E-state index in [1.807, 2.05) is 13.8 Å². The van der Waals surface area contributed by atoms with E-state index in [1.165, 1.54) is 7.11 Å². The van der Waals surface area contributed by atoms with Gasteiger partial charge in [-0.15, -0.1) is 0 Å². The quantitative estimate of drug-likeness (QED) is 0.684. The fourth-order valence-electron chi connectivity index (χ4n) is 2.65. The first kappa shape index (κ1) is 21.0. The molecule has 0 saturated carbocycles. The molecule has 0 fully saturated rings. The Kier molecular flexibility index (Phi) is 7.56. The van der Waals surface area contributed by atoms with Crippen LogP contribution in [-0.4, -0.2) is 49.4 Å². The van der Waals surface area contributed by atoms with Crippen molar-refractivity contribution >= 4 is 29.2 Å². The van der Waals surface area contributed by atoms with Crippen molar-refractivity contribution in [2.24, 2.45) is 0 Å². The summed E-state index contributed by atoms with van der Waals surface area (Å²) in [5.74, 6) is -0.724. The summed E-state index contributed by atoms with van der Waals surface area (Å²) in [4.78, 5) is 37.8. The fourth-order valence-corrected chi connectivity index (χ4v) is 2.65. The van der Waals surface area contributed by atoms with Crippen LogP contribution in [-0.2, 0) is 9.53 Å². The van der Waals surface area contributed by atoms with Crippen molar-refractivity contribution in [3.05, 3.63) is 59.7 Å². The van der Waals surface area contributed by atoms with E-state index >= 15 is 0 Å². The van der Waals surface area contributed by atoms with Gasteiger partial charge >= 0.3 is 5.97 Å². The average molecular weight is 383 g/mol. The number of carbonyl (C=O) groups excluding carboxylic acids is 3. The Labute approximate surface area is 164 Å². The van der Waals surface area contributed by atoms with Crippen molar-refractivity contribution in [1.29, 1.82) is 0 Å². The van der Waals surface area contributed by atoms with Crippen molar-refractivity contribution in [3.8, 4) is 0 Å². The zero-order valence-electron chi connectivity index (χ0n) is 16.3. The van der Waals surface area contributed by atoms with Gasteiger partial charge in [0.05, 0.1) is 19.2 Å². The molecule has 0 unspecified atom stereocenters. The van der Waals surface area contributed by atoms with Gasteiger partial charge in [-0.3, -0.25) is 9.59 Å². The molecule has 28 heavy (non-hydrogen) atoms. The maximum absolute atomic E-state index is 12.4. The van der Waals surface area contributed by atoms with Gasteiger partial charge in [0.15, 0.2) is 0 Å². The summed E-state index contributed by atoms with van der Waals surface area (Å²) in [7, 11) is 1.32. The molecule has 7 nitrogen and oxygen atoms in total. The minimum Gasteiger partial charge on any atom is -0.465 e. The fraction of sp³-hybridized carbons (Fsp3) is 0.286. The standard InChI is InChI=1S/C21H25N3O4/c1-4-24(5-2)20(26)16-7-6-8-18(13-16)23-19(25)14-22-17-11-9-15(10-12-17)21(27)28-3/h6-13,22H,4-5,14H2,1-3H3,(H,23,25). The molecule has 2 amide bonds. The zero-order valence-corrected chi connectivity index (χ0v) is 16.3. The number of hydrogen-bond donors (Lipinski definition) is 2. The Morgan fingerprint density at radius 3 is 2.21 bits per heavy atom. The summed E-state index contributed by atoms with van der Waals surface area (Å²) >= 11 is 0. The van der Waals surface area contributed by atoms with Crippen molar-refractivity contribution in [2.75, 3.05) is 37.4 Å². The van der Waals surface area contributed by atoms with Gasteiger partial charge in [-0.25, -0.2) is 4.79 Å². The van der Waals surface area contributed by atoms with E-state index in [-0.39, 0.29) is 18.4 Å². The molecule has 2 N–H and O–H groups in total. The Bertz CT molecular complexity index is 830. The summed E-state index contributed by atoms with van der Waals surface area (Å²) in [6.45, 7) is 5.16. The van der Waals surface area contributed by atoms with Crippen LogP contribution in [0.3, 0.4) is 0 Å². The van der Waals surface area contributed by atoms with Crippen molar-refractivity contribution < 1.29 is 19.1 Å². The van der Waals surface area contributed by atoms with Crippen LogP contribution in [0.4, 0.5) is 11.4 Å². The topological polar surface area (TPSA) is 87.7 Å². The number of nitrogens with zero attached hydrogens (tertiary/aromatic N) is 1. The number of ether oxygens (including phenoxy) is 1. The van der Waals surface area contributed by atoms with Gasteiger partial charge in [-0.2, -0.15) is 0 Å². The first-order chi connectivity index (χ1) is 13.5. The molecule has 0 radical (unpaired) electrons. The third-order valence-electron chi connectivity index (χ3n) is 4.20. The number of nitrogens with one attached hydrogen (secondary N) is 2. The van der Waals surface area contributed by atoms with E-state index in [9.17, 15) is 14.4 Å². The molecule has 0 bridgehead atoms. The van der Waals surface area contributed by atoms with Crippen molar-refractivity contribution in [2.45, 2.75) is 13.8 Å². The summed E-state index contributed by atoms with van der Waals surface area (Å²) < 4.78 is 4.65. The molecule has 7 heteroatoms. The lowest BCUT2D eigenvalue weighted by Crippen LogP contribution is -2.30. The molecular formula is C21H25N3O4. The maximum Gasteiger partial charge on any atom is 0.337 e. The van der Waals surface area contributed by atoms with Crippen LogP contribution in [0.1, 0.15) is 34.6 Å². The highest BCUT2D eigenvalue weighted by molar-refractivity contribution is 5.98. The van der Waals surface area contributed by atoms with Crippen molar-refractivity contribution in [3.63, 3.8) is 0 Å².